The molecule has 122 valence electrons. The molecule has 0 amide bonds. The highest BCUT2D eigenvalue weighted by Crippen LogP contribution is 2.30. The fourth-order valence-electron chi connectivity index (χ4n) is 3.22. The zero-order valence-corrected chi connectivity index (χ0v) is 15.3. The van der Waals surface area contributed by atoms with Crippen molar-refractivity contribution in [1.82, 2.24) is 4.57 Å². The first-order chi connectivity index (χ1) is 11.5. The van der Waals surface area contributed by atoms with E-state index >= 15 is 0 Å². The van der Waals surface area contributed by atoms with Gasteiger partial charge < -0.3 is 0 Å². The zero-order valence-electron chi connectivity index (χ0n) is 14.5. The van der Waals surface area contributed by atoms with Gasteiger partial charge in [0.25, 0.3) is 0 Å². The number of nitrogens with zero attached hydrogens (tertiary/aromatic N) is 2. The van der Waals surface area contributed by atoms with E-state index in [2.05, 4.69) is 90.7 Å². The molecular formula is C21H23N2S+. The predicted molar refractivity (Wildman–Crippen MR) is 101 cm³/mol. The molecule has 4 rings (SSSR count). The fraction of sp³-hybridized carbons (Fsp3) is 0.286. The maximum atomic E-state index is 2.45. The summed E-state index contributed by atoms with van der Waals surface area (Å²) >= 11 is 1.94. The Morgan fingerprint density at radius 2 is 1.67 bits per heavy atom. The van der Waals surface area contributed by atoms with E-state index in [0.717, 1.165) is 12.3 Å². The third kappa shape index (κ3) is 2.67. The molecule has 0 spiro atoms. The molecule has 0 saturated carbocycles. The van der Waals surface area contributed by atoms with Crippen LogP contribution in [0.25, 0.3) is 16.9 Å². The molecule has 2 nitrogen and oxygen atoms in total. The molecule has 0 atom stereocenters. The summed E-state index contributed by atoms with van der Waals surface area (Å²) in [6, 6.07) is 19.7. The Hall–Kier alpha value is -2.00. The lowest BCUT2D eigenvalue weighted by Crippen LogP contribution is -2.33. The van der Waals surface area contributed by atoms with E-state index in [1.54, 1.807) is 0 Å². The zero-order chi connectivity index (χ0) is 16.7. The van der Waals surface area contributed by atoms with E-state index in [-0.39, 0.29) is 5.41 Å². The number of para-hydroxylation sites is 1. The quantitative estimate of drug-likeness (QED) is 0.609. The van der Waals surface area contributed by atoms with E-state index in [4.69, 9.17) is 0 Å². The van der Waals surface area contributed by atoms with Gasteiger partial charge in [-0.05, 0) is 34.9 Å². The number of hydrogen-bond donors (Lipinski definition) is 0. The van der Waals surface area contributed by atoms with Gasteiger partial charge in [-0.2, -0.15) is 4.57 Å². The van der Waals surface area contributed by atoms with Crippen LogP contribution in [0.3, 0.4) is 0 Å². The largest absolute Gasteiger partial charge is 0.323 e. The van der Waals surface area contributed by atoms with E-state index in [1.807, 2.05) is 11.8 Å². The molecule has 0 N–H and O–H groups in total. The Morgan fingerprint density at radius 3 is 2.33 bits per heavy atom. The van der Waals surface area contributed by atoms with Crippen molar-refractivity contribution in [2.45, 2.75) is 37.9 Å². The third-order valence-electron chi connectivity index (χ3n) is 4.61. The van der Waals surface area contributed by atoms with Crippen LogP contribution in [0.15, 0.2) is 66.0 Å². The second kappa shape index (κ2) is 5.82. The minimum absolute atomic E-state index is 0.194. The number of benzene rings is 2. The Kier molecular flexibility index (Phi) is 3.76. The summed E-state index contributed by atoms with van der Waals surface area (Å²) in [5.74, 6) is 1.15. The van der Waals surface area contributed by atoms with Crippen LogP contribution in [-0.4, -0.2) is 10.3 Å². The first-order valence-electron chi connectivity index (χ1n) is 8.48. The average Bonchev–Trinajstić information content (AvgIpc) is 3.17. The number of fused-ring (bicyclic) bond motifs is 1. The van der Waals surface area contributed by atoms with Crippen LogP contribution in [0.5, 0.6) is 0 Å². The third-order valence-corrected chi connectivity index (χ3v) is 5.67. The average molecular weight is 335 g/mol. The second-order valence-corrected chi connectivity index (χ2v) is 8.39. The lowest BCUT2D eigenvalue weighted by molar-refractivity contribution is -0.713. The summed E-state index contributed by atoms with van der Waals surface area (Å²) in [5, 5.41) is 1.33. The maximum absolute atomic E-state index is 2.45. The molecule has 1 aliphatic rings. The van der Waals surface area contributed by atoms with Gasteiger partial charge in [-0.1, -0.05) is 63.2 Å². The Labute approximate surface area is 148 Å². The predicted octanol–water partition coefficient (Wildman–Crippen LogP) is 4.84. The van der Waals surface area contributed by atoms with Crippen LogP contribution >= 0.6 is 11.8 Å². The molecule has 0 fully saturated rings. The number of rotatable bonds is 2. The molecule has 3 aromatic rings. The van der Waals surface area contributed by atoms with Gasteiger partial charge in [-0.25, -0.2) is 4.57 Å². The minimum Gasteiger partial charge on any atom is -0.216 e. The molecule has 0 saturated heterocycles. The second-order valence-electron chi connectivity index (χ2n) is 7.33. The SMILES string of the molecule is CC(C)(C)c1ccc(-c2cn(-c3ccccc3)c3[n+]2CCS3)cc1. The lowest BCUT2D eigenvalue weighted by Gasteiger charge is -2.18. The van der Waals surface area contributed by atoms with Crippen molar-refractivity contribution in [2.75, 3.05) is 5.75 Å². The molecule has 0 bridgehead atoms. The Bertz CT molecular complexity index is 855. The normalized spacial score (nSPS) is 14.0. The van der Waals surface area contributed by atoms with Crippen molar-refractivity contribution >= 4 is 11.8 Å². The molecule has 1 aromatic heterocycles. The molecule has 2 aromatic carbocycles. The van der Waals surface area contributed by atoms with Gasteiger partial charge >= 0.3 is 5.16 Å². The van der Waals surface area contributed by atoms with E-state index < -0.39 is 0 Å². The molecule has 0 aliphatic carbocycles. The first-order valence-corrected chi connectivity index (χ1v) is 9.47. The molecule has 0 unspecified atom stereocenters. The molecule has 1 aliphatic heterocycles. The number of hydrogen-bond acceptors (Lipinski definition) is 1. The van der Waals surface area contributed by atoms with Gasteiger partial charge in [0.2, 0.25) is 0 Å². The van der Waals surface area contributed by atoms with Crippen molar-refractivity contribution in [3.8, 4) is 16.9 Å². The molecule has 0 radical (unpaired) electrons. The van der Waals surface area contributed by atoms with Gasteiger partial charge in [-0.3, -0.25) is 0 Å². The van der Waals surface area contributed by atoms with Gasteiger partial charge in [-0.15, -0.1) is 0 Å². The van der Waals surface area contributed by atoms with E-state index in [1.165, 1.54) is 27.7 Å². The Morgan fingerprint density at radius 1 is 0.958 bits per heavy atom. The standard InChI is InChI=1S/C21H23N2S/c1-21(2,3)17-11-9-16(10-12-17)19-15-23(18-7-5-4-6-8-18)20-22(19)13-14-24-20/h4-12,15H,13-14H2,1-3H3/q+1. The van der Waals surface area contributed by atoms with Crippen LogP contribution in [0.1, 0.15) is 26.3 Å². The van der Waals surface area contributed by atoms with Crippen LogP contribution in [-0.2, 0) is 12.0 Å². The van der Waals surface area contributed by atoms with Gasteiger partial charge in [0.1, 0.15) is 18.4 Å². The number of thioether (sulfide) groups is 1. The van der Waals surface area contributed by atoms with Gasteiger partial charge in [0.15, 0.2) is 5.69 Å². The van der Waals surface area contributed by atoms with Crippen molar-refractivity contribution in [3.63, 3.8) is 0 Å². The van der Waals surface area contributed by atoms with Gasteiger partial charge in [0, 0.05) is 11.3 Å². The highest BCUT2D eigenvalue weighted by molar-refractivity contribution is 7.99. The molecule has 2 heterocycles. The number of aromatic nitrogens is 2. The summed E-state index contributed by atoms with van der Waals surface area (Å²) in [6.07, 6.45) is 2.28. The van der Waals surface area contributed by atoms with Crippen LogP contribution < -0.4 is 4.57 Å². The summed E-state index contributed by atoms with van der Waals surface area (Å²) in [6.45, 7) is 7.86. The van der Waals surface area contributed by atoms with E-state index in [0.29, 0.717) is 0 Å². The molecule has 3 heteroatoms. The highest BCUT2D eigenvalue weighted by atomic mass is 32.2. The maximum Gasteiger partial charge on any atom is 0.323 e. The number of imidazole rings is 1. The monoisotopic (exact) mass is 335 g/mol. The topological polar surface area (TPSA) is 8.81 Å². The highest BCUT2D eigenvalue weighted by Gasteiger charge is 2.30. The van der Waals surface area contributed by atoms with Crippen molar-refractivity contribution in [1.29, 1.82) is 0 Å². The molecule has 24 heavy (non-hydrogen) atoms. The summed E-state index contributed by atoms with van der Waals surface area (Å²) in [5.41, 5.74) is 5.40. The minimum atomic E-state index is 0.194. The van der Waals surface area contributed by atoms with Gasteiger partial charge in [0.05, 0.1) is 0 Å². The fourth-order valence-corrected chi connectivity index (χ4v) is 4.32. The first kappa shape index (κ1) is 15.5. The van der Waals surface area contributed by atoms with E-state index in [9.17, 15) is 0 Å². The lowest BCUT2D eigenvalue weighted by atomic mass is 9.86. The van der Waals surface area contributed by atoms with Crippen LogP contribution in [0, 0.1) is 0 Å². The van der Waals surface area contributed by atoms with Crippen molar-refractivity contribution in [3.05, 3.63) is 66.4 Å². The van der Waals surface area contributed by atoms with Crippen molar-refractivity contribution in [2.24, 2.45) is 0 Å². The molecular weight excluding hydrogens is 312 g/mol. The van der Waals surface area contributed by atoms with Crippen LogP contribution in [0.4, 0.5) is 0 Å². The Balaban J connectivity index is 1.80. The smallest absolute Gasteiger partial charge is 0.216 e. The summed E-state index contributed by atoms with van der Waals surface area (Å²) in [4.78, 5) is 0. The van der Waals surface area contributed by atoms with Crippen LogP contribution in [0.2, 0.25) is 0 Å². The summed E-state index contributed by atoms with van der Waals surface area (Å²) in [7, 11) is 0. The van der Waals surface area contributed by atoms with Crippen molar-refractivity contribution < 1.29 is 4.57 Å². The summed E-state index contributed by atoms with van der Waals surface area (Å²) < 4.78 is 4.77.